The minimum Gasteiger partial charge on any atom is -0.329 e. The first kappa shape index (κ1) is 7.67. The fourth-order valence-electron chi connectivity index (χ4n) is 0.633. The lowest BCUT2D eigenvalue weighted by Gasteiger charge is -1.96. The molecule has 1 heterocycles. The van der Waals surface area contributed by atoms with Crippen molar-refractivity contribution in [2.45, 2.75) is 6.54 Å². The third kappa shape index (κ3) is 1.53. The largest absolute Gasteiger partial charge is 0.330 e. The summed E-state index contributed by atoms with van der Waals surface area (Å²) in [7, 11) is 0. The number of nitrogens with zero attached hydrogens (tertiary/aromatic N) is 2. The van der Waals surface area contributed by atoms with E-state index in [0.29, 0.717) is 0 Å². The minimum atomic E-state index is -0.753. The number of hydrogen-bond acceptors (Lipinski definition) is 4. The molecule has 1 aromatic heterocycles. The van der Waals surface area contributed by atoms with Crippen molar-refractivity contribution in [2.75, 3.05) is 6.54 Å². The Morgan fingerprint density at radius 2 is 2.36 bits per heavy atom. The second-order valence-corrected chi connectivity index (χ2v) is 1.90. The zero-order valence-corrected chi connectivity index (χ0v) is 5.70. The van der Waals surface area contributed by atoms with E-state index in [1.807, 2.05) is 5.10 Å². The van der Waals surface area contributed by atoms with Crippen LogP contribution in [-0.2, 0) is 6.54 Å². The minimum absolute atomic E-state index is 0.260. The summed E-state index contributed by atoms with van der Waals surface area (Å²) < 4.78 is 1.04. The number of nitrogens with two attached hydrogens (primary N) is 1. The van der Waals surface area contributed by atoms with Gasteiger partial charge in [-0.3, -0.25) is 14.2 Å². The molecule has 3 N–H and O–H groups in total. The van der Waals surface area contributed by atoms with Crippen LogP contribution in [0.15, 0.2) is 9.59 Å². The number of nitrogens with one attached hydrogen (secondary N) is 1. The molecule has 0 aliphatic heterocycles. The Balaban J connectivity index is 3.18. The topological polar surface area (TPSA) is 93.8 Å². The molecule has 1 rings (SSSR count). The van der Waals surface area contributed by atoms with Gasteiger partial charge >= 0.3 is 11.1 Å². The number of aromatic amines is 1. The Hall–Kier alpha value is -1.43. The highest BCUT2D eigenvalue weighted by Gasteiger charge is 1.97. The SMILES string of the molecule is NCCn1[c]n[nH]c(=O)c1=O. The smallest absolute Gasteiger partial charge is 0.329 e. The Bertz CT molecular complexity index is 339. The van der Waals surface area contributed by atoms with Crippen LogP contribution in [0.5, 0.6) is 0 Å². The van der Waals surface area contributed by atoms with E-state index in [-0.39, 0.29) is 13.1 Å². The van der Waals surface area contributed by atoms with Gasteiger partial charge in [-0.05, 0) is 0 Å². The molecule has 0 amide bonds. The Labute approximate surface area is 61.7 Å². The predicted molar refractivity (Wildman–Crippen MR) is 37.0 cm³/mol. The van der Waals surface area contributed by atoms with Crippen LogP contribution in [0.2, 0.25) is 0 Å². The molecule has 0 aromatic carbocycles. The summed E-state index contributed by atoms with van der Waals surface area (Å²) >= 11 is 0. The second-order valence-electron chi connectivity index (χ2n) is 1.90. The van der Waals surface area contributed by atoms with E-state index in [2.05, 4.69) is 11.4 Å². The van der Waals surface area contributed by atoms with Crippen LogP contribution in [0, 0.1) is 6.33 Å². The van der Waals surface area contributed by atoms with Gasteiger partial charge < -0.3 is 5.73 Å². The van der Waals surface area contributed by atoms with E-state index >= 15 is 0 Å². The third-order valence-corrected chi connectivity index (χ3v) is 1.12. The van der Waals surface area contributed by atoms with E-state index in [0.717, 1.165) is 4.57 Å². The van der Waals surface area contributed by atoms with Gasteiger partial charge in [0.05, 0.1) is 0 Å². The van der Waals surface area contributed by atoms with Crippen molar-refractivity contribution in [2.24, 2.45) is 5.73 Å². The molecule has 0 fully saturated rings. The van der Waals surface area contributed by atoms with Crippen LogP contribution < -0.4 is 16.9 Å². The molecule has 1 aromatic rings. The molecule has 6 nitrogen and oxygen atoms in total. The molecular formula is C5H7N4O2. The van der Waals surface area contributed by atoms with Crippen LogP contribution in [0.1, 0.15) is 0 Å². The first-order chi connectivity index (χ1) is 5.25. The van der Waals surface area contributed by atoms with Crippen LogP contribution in [0.4, 0.5) is 0 Å². The molecule has 0 spiro atoms. The van der Waals surface area contributed by atoms with Crippen molar-refractivity contribution in [1.29, 1.82) is 0 Å². The van der Waals surface area contributed by atoms with Gasteiger partial charge in [0, 0.05) is 13.1 Å². The Morgan fingerprint density at radius 3 is 3.00 bits per heavy atom. The molecule has 0 saturated heterocycles. The van der Waals surface area contributed by atoms with Gasteiger partial charge in [0.25, 0.3) is 0 Å². The summed E-state index contributed by atoms with van der Waals surface area (Å²) in [5, 5.41) is 5.27. The monoisotopic (exact) mass is 155 g/mol. The van der Waals surface area contributed by atoms with E-state index in [1.165, 1.54) is 0 Å². The summed E-state index contributed by atoms with van der Waals surface area (Å²) in [5.41, 5.74) is 3.73. The molecule has 11 heavy (non-hydrogen) atoms. The average molecular weight is 155 g/mol. The average Bonchev–Trinajstić information content (AvgIpc) is 1.99. The highest BCUT2D eigenvalue weighted by molar-refractivity contribution is 4.72. The van der Waals surface area contributed by atoms with E-state index in [9.17, 15) is 9.59 Å². The quantitative estimate of drug-likeness (QED) is 0.469. The molecule has 0 saturated carbocycles. The summed E-state index contributed by atoms with van der Waals surface area (Å²) in [5.74, 6) is 0. The van der Waals surface area contributed by atoms with Crippen LogP contribution >= 0.6 is 0 Å². The molecule has 0 atom stereocenters. The van der Waals surface area contributed by atoms with Crippen molar-refractivity contribution >= 4 is 0 Å². The van der Waals surface area contributed by atoms with Gasteiger partial charge in [0.15, 0.2) is 0 Å². The second kappa shape index (κ2) is 3.11. The van der Waals surface area contributed by atoms with Crippen LogP contribution in [-0.4, -0.2) is 21.3 Å². The zero-order chi connectivity index (χ0) is 8.27. The fraction of sp³-hybridized carbons (Fsp3) is 0.400. The molecule has 0 aliphatic carbocycles. The van der Waals surface area contributed by atoms with E-state index in [4.69, 9.17) is 5.73 Å². The van der Waals surface area contributed by atoms with Gasteiger partial charge in [-0.25, -0.2) is 5.10 Å². The summed E-state index contributed by atoms with van der Waals surface area (Å²) in [4.78, 5) is 21.5. The highest BCUT2D eigenvalue weighted by atomic mass is 16.2. The molecule has 1 radical (unpaired) electrons. The highest BCUT2D eigenvalue weighted by Crippen LogP contribution is 1.66. The van der Waals surface area contributed by atoms with Gasteiger partial charge in [0.1, 0.15) is 0 Å². The van der Waals surface area contributed by atoms with Gasteiger partial charge in [-0.2, -0.15) is 5.10 Å². The first-order valence-electron chi connectivity index (χ1n) is 3.03. The Kier molecular flexibility index (Phi) is 2.17. The molecule has 0 unspecified atom stereocenters. The number of hydrogen-bond donors (Lipinski definition) is 2. The lowest BCUT2D eigenvalue weighted by atomic mass is 10.6. The number of aromatic nitrogens is 3. The maximum absolute atomic E-state index is 10.9. The van der Waals surface area contributed by atoms with Gasteiger partial charge in [-0.15, -0.1) is 0 Å². The maximum atomic E-state index is 10.9. The standard InChI is InChI=1S/C5H7N4O2/c6-1-2-9-3-7-8-4(10)5(9)11/h1-2,6H2,(H,8,10). The first-order valence-corrected chi connectivity index (χ1v) is 3.03. The van der Waals surface area contributed by atoms with E-state index in [1.54, 1.807) is 0 Å². The third-order valence-electron chi connectivity index (χ3n) is 1.12. The summed E-state index contributed by atoms with van der Waals surface area (Å²) in [6.45, 7) is 0.539. The lowest BCUT2D eigenvalue weighted by Crippen LogP contribution is -2.38. The molecule has 0 aliphatic rings. The number of rotatable bonds is 2. The van der Waals surface area contributed by atoms with Crippen molar-refractivity contribution in [1.82, 2.24) is 14.8 Å². The Morgan fingerprint density at radius 1 is 1.64 bits per heavy atom. The molecule has 6 heteroatoms. The number of H-pyrrole nitrogens is 1. The van der Waals surface area contributed by atoms with E-state index < -0.39 is 11.1 Å². The van der Waals surface area contributed by atoms with Crippen LogP contribution in [0.25, 0.3) is 0 Å². The molecule has 0 bridgehead atoms. The van der Waals surface area contributed by atoms with Gasteiger partial charge in [-0.1, -0.05) is 0 Å². The van der Waals surface area contributed by atoms with Crippen molar-refractivity contribution < 1.29 is 0 Å². The van der Waals surface area contributed by atoms with Crippen molar-refractivity contribution in [3.8, 4) is 0 Å². The zero-order valence-electron chi connectivity index (χ0n) is 5.70. The maximum Gasteiger partial charge on any atom is 0.330 e. The van der Waals surface area contributed by atoms with Crippen molar-refractivity contribution in [3.05, 3.63) is 27.0 Å². The molecule has 59 valence electrons. The predicted octanol–water partition coefficient (Wildman–Crippen LogP) is -2.31. The van der Waals surface area contributed by atoms with Gasteiger partial charge in [0.2, 0.25) is 6.33 Å². The summed E-state index contributed by atoms with van der Waals surface area (Å²) in [6, 6.07) is 0. The van der Waals surface area contributed by atoms with Crippen molar-refractivity contribution in [3.63, 3.8) is 0 Å². The fourth-order valence-corrected chi connectivity index (χ4v) is 0.633. The summed E-state index contributed by atoms with van der Waals surface area (Å²) in [6.07, 6.45) is 2.30. The van der Waals surface area contributed by atoms with Crippen LogP contribution in [0.3, 0.4) is 0 Å². The lowest BCUT2D eigenvalue weighted by molar-refractivity contribution is 0.630. The molecular weight excluding hydrogens is 148 g/mol. The normalized spacial score (nSPS) is 9.91.